The van der Waals surface area contributed by atoms with Crippen LogP contribution in [0.2, 0.25) is 5.02 Å². The number of hydrogen-bond donors (Lipinski definition) is 1. The van der Waals surface area contributed by atoms with E-state index in [0.29, 0.717) is 17.1 Å². The van der Waals surface area contributed by atoms with Gasteiger partial charge in [-0.2, -0.15) is 0 Å². The first-order valence-corrected chi connectivity index (χ1v) is 9.08. The van der Waals surface area contributed by atoms with Crippen LogP contribution in [0, 0.1) is 0 Å². The molecule has 6 heteroatoms. The highest BCUT2D eigenvalue weighted by atomic mass is 35.5. The number of rotatable bonds is 5. The molecule has 3 rings (SSSR count). The Morgan fingerprint density at radius 3 is 2.42 bits per heavy atom. The molecule has 26 heavy (non-hydrogen) atoms. The van der Waals surface area contributed by atoms with Gasteiger partial charge in [-0.3, -0.25) is 4.79 Å². The average molecular weight is 376 g/mol. The topological polar surface area (TPSA) is 43.2 Å². The van der Waals surface area contributed by atoms with E-state index in [1.54, 1.807) is 32.4 Å². The van der Waals surface area contributed by atoms with Gasteiger partial charge in [-0.15, -0.1) is 0 Å². The van der Waals surface area contributed by atoms with Crippen molar-refractivity contribution in [2.24, 2.45) is 0 Å². The van der Waals surface area contributed by atoms with Gasteiger partial charge in [0.2, 0.25) is 0 Å². The lowest BCUT2D eigenvalue weighted by molar-refractivity contribution is -0.917. The van der Waals surface area contributed by atoms with Crippen LogP contribution >= 0.6 is 11.6 Å². The van der Waals surface area contributed by atoms with Gasteiger partial charge in [0, 0.05) is 16.1 Å². The Morgan fingerprint density at radius 1 is 1.08 bits per heavy atom. The lowest BCUT2D eigenvalue weighted by Gasteiger charge is -2.32. The maximum atomic E-state index is 12.8. The van der Waals surface area contributed by atoms with Crippen molar-refractivity contribution in [2.45, 2.75) is 6.54 Å². The van der Waals surface area contributed by atoms with Crippen LogP contribution in [0.1, 0.15) is 15.9 Å². The second kappa shape index (κ2) is 8.43. The van der Waals surface area contributed by atoms with Crippen LogP contribution in [0.25, 0.3) is 0 Å². The highest BCUT2D eigenvalue weighted by molar-refractivity contribution is 6.31. The Bertz CT molecular complexity index is 773. The second-order valence-corrected chi connectivity index (χ2v) is 6.79. The molecule has 1 heterocycles. The number of benzene rings is 2. The number of piperazine rings is 1. The fourth-order valence-corrected chi connectivity index (χ4v) is 3.47. The van der Waals surface area contributed by atoms with Gasteiger partial charge in [-0.25, -0.2) is 0 Å². The summed E-state index contributed by atoms with van der Waals surface area (Å²) < 4.78 is 10.5. The Hall–Kier alpha value is -2.24. The van der Waals surface area contributed by atoms with E-state index in [0.717, 1.165) is 43.3 Å². The first kappa shape index (κ1) is 18.5. The van der Waals surface area contributed by atoms with E-state index in [2.05, 4.69) is 6.07 Å². The van der Waals surface area contributed by atoms with Crippen molar-refractivity contribution in [3.8, 4) is 11.5 Å². The first-order valence-electron chi connectivity index (χ1n) is 8.70. The van der Waals surface area contributed by atoms with Gasteiger partial charge in [-0.05, 0) is 24.3 Å². The van der Waals surface area contributed by atoms with E-state index in [1.165, 1.54) is 4.90 Å². The summed E-state index contributed by atoms with van der Waals surface area (Å²) in [7, 11) is 3.16. The Balaban J connectivity index is 1.61. The third-order valence-electron chi connectivity index (χ3n) is 4.79. The molecule has 5 nitrogen and oxygen atoms in total. The van der Waals surface area contributed by atoms with Crippen molar-refractivity contribution in [1.29, 1.82) is 0 Å². The molecule has 0 radical (unpaired) electrons. The molecule has 1 N–H and O–H groups in total. The fourth-order valence-electron chi connectivity index (χ4n) is 3.27. The van der Waals surface area contributed by atoms with Crippen LogP contribution in [0.15, 0.2) is 42.5 Å². The molecule has 1 saturated heterocycles. The minimum atomic E-state index is 0.0303. The SMILES string of the molecule is COc1ccc(C(=O)N2CC[NH+](Cc3ccccc3Cl)CC2)cc1OC. The molecular formula is C20H24ClN2O3+. The molecular weight excluding hydrogens is 352 g/mol. The van der Waals surface area contributed by atoms with E-state index >= 15 is 0 Å². The Kier molecular flexibility index (Phi) is 6.01. The molecule has 0 aliphatic carbocycles. The van der Waals surface area contributed by atoms with Crippen LogP contribution < -0.4 is 14.4 Å². The highest BCUT2D eigenvalue weighted by Gasteiger charge is 2.25. The molecule has 1 fully saturated rings. The summed E-state index contributed by atoms with van der Waals surface area (Å²) in [4.78, 5) is 16.1. The Morgan fingerprint density at radius 2 is 1.77 bits per heavy atom. The number of amides is 1. The molecule has 0 bridgehead atoms. The molecule has 0 aromatic heterocycles. The van der Waals surface area contributed by atoms with Crippen molar-refractivity contribution < 1.29 is 19.2 Å². The maximum absolute atomic E-state index is 12.8. The number of nitrogens with one attached hydrogen (secondary N) is 1. The molecule has 0 unspecified atom stereocenters. The van der Waals surface area contributed by atoms with Crippen LogP contribution in [-0.2, 0) is 6.54 Å². The number of hydrogen-bond acceptors (Lipinski definition) is 3. The second-order valence-electron chi connectivity index (χ2n) is 6.38. The Labute approximate surface area is 159 Å². The van der Waals surface area contributed by atoms with Crippen LogP contribution in [0.4, 0.5) is 0 Å². The zero-order valence-electron chi connectivity index (χ0n) is 15.1. The smallest absolute Gasteiger partial charge is 0.254 e. The van der Waals surface area contributed by atoms with Gasteiger partial charge in [0.15, 0.2) is 11.5 Å². The summed E-state index contributed by atoms with van der Waals surface area (Å²) in [5.41, 5.74) is 1.78. The lowest BCUT2D eigenvalue weighted by Crippen LogP contribution is -3.13. The van der Waals surface area contributed by atoms with Gasteiger partial charge in [0.05, 0.1) is 40.4 Å². The lowest BCUT2D eigenvalue weighted by atomic mass is 10.1. The van der Waals surface area contributed by atoms with Gasteiger partial charge in [-0.1, -0.05) is 29.8 Å². The summed E-state index contributed by atoms with van der Waals surface area (Å²) >= 11 is 6.26. The summed E-state index contributed by atoms with van der Waals surface area (Å²) in [5.74, 6) is 1.22. The number of halogens is 1. The highest BCUT2D eigenvalue weighted by Crippen LogP contribution is 2.28. The standard InChI is InChI=1S/C20H23ClN2O3/c1-25-18-8-7-15(13-19(18)26-2)20(24)23-11-9-22(10-12-23)14-16-5-3-4-6-17(16)21/h3-8,13H,9-12,14H2,1-2H3/p+1. The molecule has 1 aliphatic heterocycles. The normalized spacial score (nSPS) is 15.0. The molecule has 2 aromatic rings. The quantitative estimate of drug-likeness (QED) is 0.868. The first-order chi connectivity index (χ1) is 12.6. The number of nitrogens with zero attached hydrogens (tertiary/aromatic N) is 1. The number of carbonyl (C=O) groups is 1. The molecule has 0 spiro atoms. The predicted octanol–water partition coefficient (Wildman–Crippen LogP) is 1.90. The molecule has 1 amide bonds. The van der Waals surface area contributed by atoms with Gasteiger partial charge in [0.1, 0.15) is 6.54 Å². The van der Waals surface area contributed by atoms with Crippen molar-refractivity contribution >= 4 is 17.5 Å². The molecule has 1 aliphatic rings. The van der Waals surface area contributed by atoms with Gasteiger partial charge >= 0.3 is 0 Å². The molecule has 138 valence electrons. The third kappa shape index (κ3) is 4.11. The van der Waals surface area contributed by atoms with E-state index in [4.69, 9.17) is 21.1 Å². The van der Waals surface area contributed by atoms with E-state index in [1.807, 2.05) is 23.1 Å². The van der Waals surface area contributed by atoms with E-state index in [9.17, 15) is 4.79 Å². The summed E-state index contributed by atoms with van der Waals surface area (Å²) in [6.07, 6.45) is 0. The molecule has 0 atom stereocenters. The summed E-state index contributed by atoms with van der Waals surface area (Å²) in [6.45, 7) is 4.16. The van der Waals surface area contributed by atoms with E-state index in [-0.39, 0.29) is 5.91 Å². The van der Waals surface area contributed by atoms with Crippen molar-refractivity contribution in [2.75, 3.05) is 40.4 Å². The van der Waals surface area contributed by atoms with Crippen molar-refractivity contribution in [1.82, 2.24) is 4.90 Å². The monoisotopic (exact) mass is 375 g/mol. The van der Waals surface area contributed by atoms with E-state index < -0.39 is 0 Å². The van der Waals surface area contributed by atoms with Crippen molar-refractivity contribution in [3.63, 3.8) is 0 Å². The maximum Gasteiger partial charge on any atom is 0.254 e. The minimum absolute atomic E-state index is 0.0303. The van der Waals surface area contributed by atoms with Crippen LogP contribution in [0.5, 0.6) is 11.5 Å². The molecule has 0 saturated carbocycles. The number of ether oxygens (including phenoxy) is 2. The van der Waals surface area contributed by atoms with Crippen LogP contribution in [-0.4, -0.2) is 51.2 Å². The number of quaternary nitrogens is 1. The minimum Gasteiger partial charge on any atom is -0.493 e. The zero-order chi connectivity index (χ0) is 18.5. The fraction of sp³-hybridized carbons (Fsp3) is 0.350. The summed E-state index contributed by atoms with van der Waals surface area (Å²) in [6, 6.07) is 13.2. The molecule has 2 aromatic carbocycles. The van der Waals surface area contributed by atoms with Gasteiger partial charge in [0.25, 0.3) is 5.91 Å². The number of methoxy groups -OCH3 is 2. The van der Waals surface area contributed by atoms with Crippen molar-refractivity contribution in [3.05, 3.63) is 58.6 Å². The third-order valence-corrected chi connectivity index (χ3v) is 5.16. The van der Waals surface area contributed by atoms with Gasteiger partial charge < -0.3 is 19.3 Å². The number of carbonyl (C=O) groups excluding carboxylic acids is 1. The largest absolute Gasteiger partial charge is 0.493 e. The summed E-state index contributed by atoms with van der Waals surface area (Å²) in [5, 5.41) is 0.809. The average Bonchev–Trinajstić information content (AvgIpc) is 2.69. The zero-order valence-corrected chi connectivity index (χ0v) is 15.9. The van der Waals surface area contributed by atoms with Crippen LogP contribution in [0.3, 0.4) is 0 Å². The predicted molar refractivity (Wildman–Crippen MR) is 101 cm³/mol.